The number of carbonyl (C=O) groups is 3. The van der Waals surface area contributed by atoms with Gasteiger partial charge in [-0.1, -0.05) is 42.5 Å². The topological polar surface area (TPSA) is 111 Å². The first-order valence-electron chi connectivity index (χ1n) is 8.53. The number of esters is 1. The minimum atomic E-state index is -1.04. The second-order valence-corrected chi connectivity index (χ2v) is 6.19. The van der Waals surface area contributed by atoms with Crippen molar-refractivity contribution in [3.8, 4) is 0 Å². The van der Waals surface area contributed by atoms with Gasteiger partial charge in [-0.2, -0.15) is 0 Å². The molecule has 27 heavy (non-hydrogen) atoms. The van der Waals surface area contributed by atoms with E-state index in [0.717, 1.165) is 11.1 Å². The number of aryl methyl sites for hydroxylation is 1. The lowest BCUT2D eigenvalue weighted by atomic mass is 10.1. The molecule has 2 aromatic carbocycles. The number of anilines is 1. The Morgan fingerprint density at radius 3 is 2.41 bits per heavy atom. The summed E-state index contributed by atoms with van der Waals surface area (Å²) >= 11 is 0. The Hall–Kier alpha value is -3.35. The van der Waals surface area contributed by atoms with Crippen molar-refractivity contribution in [2.75, 3.05) is 5.32 Å². The number of ether oxygens (including phenoxy) is 1. The van der Waals surface area contributed by atoms with Crippen LogP contribution in [0.1, 0.15) is 18.1 Å². The number of hydrogen-bond acceptors (Lipinski definition) is 4. The number of nitrogens with one attached hydrogen (secondary N) is 2. The lowest BCUT2D eigenvalue weighted by molar-refractivity contribution is -0.155. The van der Waals surface area contributed by atoms with Gasteiger partial charge in [-0.05, 0) is 37.1 Å². The van der Waals surface area contributed by atoms with E-state index < -0.39 is 30.1 Å². The molecule has 2 aromatic rings. The Kier molecular flexibility index (Phi) is 6.93. The quantitative estimate of drug-likeness (QED) is 0.649. The van der Waals surface area contributed by atoms with E-state index in [4.69, 9.17) is 10.5 Å². The minimum Gasteiger partial charge on any atom is -0.451 e. The third-order valence-corrected chi connectivity index (χ3v) is 3.83. The minimum absolute atomic E-state index is 0.203. The molecule has 0 aliphatic heterocycles. The van der Waals surface area contributed by atoms with Crippen LogP contribution in [0.25, 0.3) is 0 Å². The summed E-state index contributed by atoms with van der Waals surface area (Å²) in [6, 6.07) is 14.6. The molecule has 0 unspecified atom stereocenters. The summed E-state index contributed by atoms with van der Waals surface area (Å²) in [5.41, 5.74) is 7.58. The molecule has 142 valence electrons. The van der Waals surface area contributed by atoms with Crippen LogP contribution in [0, 0.1) is 6.92 Å². The van der Waals surface area contributed by atoms with Crippen molar-refractivity contribution in [2.24, 2.45) is 5.73 Å². The SMILES string of the molecule is Cc1cccc(NC(=O)[C@@H](C)OC(=O)[C@@H](Cc2ccccc2)NC(N)=O)c1. The van der Waals surface area contributed by atoms with E-state index in [1.807, 2.05) is 49.4 Å². The van der Waals surface area contributed by atoms with Gasteiger partial charge in [0.1, 0.15) is 6.04 Å². The maximum absolute atomic E-state index is 12.4. The van der Waals surface area contributed by atoms with E-state index in [-0.39, 0.29) is 6.42 Å². The van der Waals surface area contributed by atoms with Gasteiger partial charge in [-0.15, -0.1) is 0 Å². The first-order chi connectivity index (χ1) is 12.8. The monoisotopic (exact) mass is 369 g/mol. The highest BCUT2D eigenvalue weighted by molar-refractivity contribution is 5.95. The average molecular weight is 369 g/mol. The van der Waals surface area contributed by atoms with Crippen LogP contribution in [0.5, 0.6) is 0 Å². The van der Waals surface area contributed by atoms with Crippen molar-refractivity contribution >= 4 is 23.6 Å². The van der Waals surface area contributed by atoms with Crippen LogP contribution in [-0.2, 0) is 20.7 Å². The Bertz CT molecular complexity index is 808. The summed E-state index contributed by atoms with van der Waals surface area (Å²) in [7, 11) is 0. The zero-order chi connectivity index (χ0) is 19.8. The second-order valence-electron chi connectivity index (χ2n) is 6.19. The highest BCUT2D eigenvalue weighted by Crippen LogP contribution is 2.11. The lowest BCUT2D eigenvalue weighted by Gasteiger charge is -2.20. The molecule has 7 heteroatoms. The second kappa shape index (κ2) is 9.38. The zero-order valence-electron chi connectivity index (χ0n) is 15.3. The third-order valence-electron chi connectivity index (χ3n) is 3.83. The van der Waals surface area contributed by atoms with Crippen molar-refractivity contribution in [3.63, 3.8) is 0 Å². The van der Waals surface area contributed by atoms with E-state index in [0.29, 0.717) is 5.69 Å². The van der Waals surface area contributed by atoms with Crippen molar-refractivity contribution in [1.82, 2.24) is 5.32 Å². The van der Waals surface area contributed by atoms with Crippen molar-refractivity contribution < 1.29 is 19.1 Å². The Morgan fingerprint density at radius 2 is 1.78 bits per heavy atom. The molecule has 7 nitrogen and oxygen atoms in total. The average Bonchev–Trinajstić information content (AvgIpc) is 2.61. The number of nitrogens with two attached hydrogens (primary N) is 1. The number of amides is 3. The summed E-state index contributed by atoms with van der Waals surface area (Å²) < 4.78 is 5.23. The number of primary amides is 1. The van der Waals surface area contributed by atoms with Gasteiger partial charge in [0.2, 0.25) is 0 Å². The maximum atomic E-state index is 12.4. The molecule has 2 atom stereocenters. The largest absolute Gasteiger partial charge is 0.451 e. The summed E-state index contributed by atoms with van der Waals surface area (Å²) in [5, 5.41) is 5.05. The first kappa shape index (κ1) is 20.0. The van der Waals surface area contributed by atoms with Crippen LogP contribution in [0.2, 0.25) is 0 Å². The summed E-state index contributed by atoms with van der Waals surface area (Å²) in [6.45, 7) is 3.37. The van der Waals surface area contributed by atoms with Crippen LogP contribution in [0.4, 0.5) is 10.5 Å². The van der Waals surface area contributed by atoms with Crippen LogP contribution < -0.4 is 16.4 Å². The number of benzene rings is 2. The van der Waals surface area contributed by atoms with Gasteiger partial charge < -0.3 is 21.1 Å². The third kappa shape index (κ3) is 6.47. The van der Waals surface area contributed by atoms with E-state index in [2.05, 4.69) is 10.6 Å². The fourth-order valence-corrected chi connectivity index (χ4v) is 2.49. The van der Waals surface area contributed by atoms with E-state index in [1.165, 1.54) is 6.92 Å². The van der Waals surface area contributed by atoms with Gasteiger partial charge in [-0.25, -0.2) is 9.59 Å². The van der Waals surface area contributed by atoms with Crippen molar-refractivity contribution in [3.05, 3.63) is 65.7 Å². The van der Waals surface area contributed by atoms with Gasteiger partial charge in [0.25, 0.3) is 5.91 Å². The molecule has 4 N–H and O–H groups in total. The first-order valence-corrected chi connectivity index (χ1v) is 8.53. The molecule has 0 saturated carbocycles. The Labute approximate surface area is 157 Å². The van der Waals surface area contributed by atoms with Crippen molar-refractivity contribution in [1.29, 1.82) is 0 Å². The van der Waals surface area contributed by atoms with E-state index in [9.17, 15) is 14.4 Å². The number of rotatable bonds is 7. The fraction of sp³-hybridized carbons (Fsp3) is 0.250. The molecule has 0 saturated heterocycles. The van der Waals surface area contributed by atoms with Crippen LogP contribution in [0.3, 0.4) is 0 Å². The lowest BCUT2D eigenvalue weighted by Crippen LogP contribution is -2.47. The molecule has 0 aliphatic carbocycles. The summed E-state index contributed by atoms with van der Waals surface area (Å²) in [4.78, 5) is 35.9. The summed E-state index contributed by atoms with van der Waals surface area (Å²) in [6.07, 6.45) is -0.833. The molecule has 3 amide bonds. The summed E-state index contributed by atoms with van der Waals surface area (Å²) in [5.74, 6) is -1.20. The number of urea groups is 1. The molecular weight excluding hydrogens is 346 g/mol. The molecule has 0 spiro atoms. The highest BCUT2D eigenvalue weighted by Gasteiger charge is 2.26. The van der Waals surface area contributed by atoms with Crippen LogP contribution in [-0.4, -0.2) is 30.1 Å². The van der Waals surface area contributed by atoms with Gasteiger partial charge in [0, 0.05) is 12.1 Å². The molecule has 0 aliphatic rings. The van der Waals surface area contributed by atoms with E-state index in [1.54, 1.807) is 12.1 Å². The molecular formula is C20H23N3O4. The van der Waals surface area contributed by atoms with Gasteiger partial charge >= 0.3 is 12.0 Å². The van der Waals surface area contributed by atoms with E-state index >= 15 is 0 Å². The molecule has 2 rings (SSSR count). The molecule has 0 bridgehead atoms. The predicted octanol–water partition coefficient (Wildman–Crippen LogP) is 2.14. The molecule has 0 fully saturated rings. The Balaban J connectivity index is 1.99. The predicted molar refractivity (Wildman–Crippen MR) is 102 cm³/mol. The molecule has 0 aromatic heterocycles. The standard InChI is InChI=1S/C20H23N3O4/c1-13-7-6-10-16(11-13)22-18(24)14(2)27-19(25)17(23-20(21)26)12-15-8-4-3-5-9-15/h3-11,14,17H,12H2,1-2H3,(H,22,24)(H3,21,23,26)/t14-,17-/m1/s1. The van der Waals surface area contributed by atoms with Gasteiger partial charge in [0.15, 0.2) is 6.10 Å². The Morgan fingerprint density at radius 1 is 1.07 bits per heavy atom. The highest BCUT2D eigenvalue weighted by atomic mass is 16.5. The van der Waals surface area contributed by atoms with Gasteiger partial charge in [0.05, 0.1) is 0 Å². The maximum Gasteiger partial charge on any atom is 0.329 e. The smallest absolute Gasteiger partial charge is 0.329 e. The normalized spacial score (nSPS) is 12.5. The number of carbonyl (C=O) groups excluding carboxylic acids is 3. The van der Waals surface area contributed by atoms with Crippen LogP contribution in [0.15, 0.2) is 54.6 Å². The zero-order valence-corrected chi connectivity index (χ0v) is 15.3. The van der Waals surface area contributed by atoms with Crippen LogP contribution >= 0.6 is 0 Å². The van der Waals surface area contributed by atoms with Crippen molar-refractivity contribution in [2.45, 2.75) is 32.4 Å². The molecule has 0 radical (unpaired) electrons. The fourth-order valence-electron chi connectivity index (χ4n) is 2.49. The van der Waals surface area contributed by atoms with Gasteiger partial charge in [-0.3, -0.25) is 4.79 Å². The molecule has 0 heterocycles. The number of hydrogen-bond donors (Lipinski definition) is 3.